The minimum absolute atomic E-state index is 0.0152. The van der Waals surface area contributed by atoms with Gasteiger partial charge in [-0.2, -0.15) is 13.2 Å². The van der Waals surface area contributed by atoms with Gasteiger partial charge < -0.3 is 10.1 Å². The molecule has 0 aliphatic carbocycles. The van der Waals surface area contributed by atoms with Crippen molar-refractivity contribution >= 4 is 11.8 Å². The molecule has 0 aromatic rings. The molecule has 0 radical (unpaired) electrons. The molecule has 0 heterocycles. The smallest absolute Gasteiger partial charge is 0.376 e. The van der Waals surface area contributed by atoms with Crippen LogP contribution in [-0.2, 0) is 4.74 Å². The summed E-state index contributed by atoms with van der Waals surface area (Å²) in [6, 6.07) is 0. The highest BCUT2D eigenvalue weighted by atomic mass is 32.2. The lowest BCUT2D eigenvalue weighted by atomic mass is 10.4. The molecule has 0 amide bonds. The van der Waals surface area contributed by atoms with Crippen LogP contribution < -0.4 is 5.32 Å². The Hall–Kier alpha value is -0.200. The maximum absolute atomic E-state index is 11.7. The molecular formula is C9H16F3NOS. The number of thioether (sulfide) groups is 1. The highest BCUT2D eigenvalue weighted by Gasteiger charge is 2.27. The first-order valence-corrected chi connectivity index (χ1v) is 5.54. The zero-order valence-electron chi connectivity index (χ0n) is 8.69. The number of nitrogens with one attached hydrogen (secondary N) is 1. The fourth-order valence-corrected chi connectivity index (χ4v) is 1.23. The van der Waals surface area contributed by atoms with Crippen molar-refractivity contribution in [3.63, 3.8) is 0 Å². The van der Waals surface area contributed by atoms with Gasteiger partial charge >= 0.3 is 5.51 Å². The summed E-state index contributed by atoms with van der Waals surface area (Å²) in [5, 5.41) is 2.86. The monoisotopic (exact) mass is 243 g/mol. The lowest BCUT2D eigenvalue weighted by molar-refractivity contribution is -0.0327. The fourth-order valence-electron chi connectivity index (χ4n) is 0.755. The van der Waals surface area contributed by atoms with E-state index in [9.17, 15) is 13.2 Å². The fraction of sp³-hybridized carbons (Fsp3) is 0.778. The Morgan fingerprint density at radius 1 is 1.40 bits per heavy atom. The van der Waals surface area contributed by atoms with Crippen molar-refractivity contribution in [1.82, 2.24) is 5.32 Å². The lowest BCUT2D eigenvalue weighted by Gasteiger charge is -2.07. The zero-order chi connectivity index (χ0) is 11.7. The quantitative estimate of drug-likeness (QED) is 0.522. The molecule has 0 saturated carbocycles. The zero-order valence-corrected chi connectivity index (χ0v) is 9.51. The van der Waals surface area contributed by atoms with Crippen LogP contribution in [0.4, 0.5) is 13.2 Å². The molecule has 0 aromatic carbocycles. The minimum atomic E-state index is -4.13. The topological polar surface area (TPSA) is 21.3 Å². The number of ether oxygens (including phenoxy) is 1. The van der Waals surface area contributed by atoms with Crippen LogP contribution in [0.2, 0.25) is 0 Å². The van der Waals surface area contributed by atoms with E-state index in [-0.39, 0.29) is 17.5 Å². The summed E-state index contributed by atoms with van der Waals surface area (Å²) in [5.74, 6) is 0.0317. The molecule has 15 heavy (non-hydrogen) atoms. The van der Waals surface area contributed by atoms with E-state index in [1.165, 1.54) is 0 Å². The lowest BCUT2D eigenvalue weighted by Crippen LogP contribution is -2.23. The summed E-state index contributed by atoms with van der Waals surface area (Å²) in [7, 11) is 0. The van der Waals surface area contributed by atoms with Gasteiger partial charge in [0, 0.05) is 18.8 Å². The Morgan fingerprint density at radius 3 is 2.60 bits per heavy atom. The van der Waals surface area contributed by atoms with E-state index in [0.717, 1.165) is 5.57 Å². The average molecular weight is 243 g/mol. The molecule has 0 saturated heterocycles. The molecule has 2 nitrogen and oxygen atoms in total. The van der Waals surface area contributed by atoms with Crippen LogP contribution in [0.25, 0.3) is 0 Å². The van der Waals surface area contributed by atoms with Crippen molar-refractivity contribution in [1.29, 1.82) is 0 Å². The summed E-state index contributed by atoms with van der Waals surface area (Å²) in [5.41, 5.74) is -3.19. The van der Waals surface area contributed by atoms with Gasteiger partial charge in [-0.1, -0.05) is 12.2 Å². The standard InChI is InChI=1S/C9H16F3NOS/c1-8(2)7-14-5-3-13-4-6-15-9(10,11)12/h13H,1,3-7H2,2H3. The van der Waals surface area contributed by atoms with Gasteiger partial charge in [0.25, 0.3) is 0 Å². The van der Waals surface area contributed by atoms with E-state index >= 15 is 0 Å². The maximum atomic E-state index is 11.7. The second-order valence-corrected chi connectivity index (χ2v) is 4.21. The summed E-state index contributed by atoms with van der Waals surface area (Å²) in [6.45, 7) is 7.39. The molecule has 0 bridgehead atoms. The van der Waals surface area contributed by atoms with Crippen molar-refractivity contribution in [3.8, 4) is 0 Å². The van der Waals surface area contributed by atoms with Crippen molar-refractivity contribution in [2.24, 2.45) is 0 Å². The second-order valence-electron chi connectivity index (χ2n) is 3.05. The third-order valence-electron chi connectivity index (χ3n) is 1.32. The predicted octanol–water partition coefficient (Wildman–Crippen LogP) is 2.42. The van der Waals surface area contributed by atoms with Crippen molar-refractivity contribution in [3.05, 3.63) is 12.2 Å². The van der Waals surface area contributed by atoms with Gasteiger partial charge in [-0.25, -0.2) is 0 Å². The van der Waals surface area contributed by atoms with Crippen LogP contribution in [0.3, 0.4) is 0 Å². The van der Waals surface area contributed by atoms with E-state index in [4.69, 9.17) is 4.74 Å². The molecule has 0 atom stereocenters. The van der Waals surface area contributed by atoms with Crippen LogP contribution >= 0.6 is 11.8 Å². The predicted molar refractivity (Wildman–Crippen MR) is 57.0 cm³/mol. The van der Waals surface area contributed by atoms with Crippen molar-refractivity contribution in [2.45, 2.75) is 12.4 Å². The molecule has 0 rings (SSSR count). The molecule has 6 heteroatoms. The van der Waals surface area contributed by atoms with Gasteiger partial charge in [0.05, 0.1) is 13.2 Å². The Bertz CT molecular complexity index is 185. The van der Waals surface area contributed by atoms with Gasteiger partial charge in [-0.3, -0.25) is 0 Å². The van der Waals surface area contributed by atoms with Crippen LogP contribution in [0.5, 0.6) is 0 Å². The second kappa shape index (κ2) is 8.01. The molecule has 1 N–H and O–H groups in total. The number of hydrogen-bond acceptors (Lipinski definition) is 3. The Labute approximate surface area is 92.3 Å². The number of hydrogen-bond donors (Lipinski definition) is 1. The minimum Gasteiger partial charge on any atom is -0.376 e. The molecule has 0 aliphatic heterocycles. The van der Waals surface area contributed by atoms with E-state index in [1.54, 1.807) is 0 Å². The van der Waals surface area contributed by atoms with Gasteiger partial charge in [0.1, 0.15) is 0 Å². The third-order valence-corrected chi connectivity index (χ3v) is 2.05. The molecular weight excluding hydrogens is 227 g/mol. The normalized spacial score (nSPS) is 11.7. The van der Waals surface area contributed by atoms with E-state index < -0.39 is 5.51 Å². The average Bonchev–Trinajstić information content (AvgIpc) is 2.07. The first kappa shape index (κ1) is 14.8. The van der Waals surface area contributed by atoms with Gasteiger partial charge in [0.15, 0.2) is 0 Å². The van der Waals surface area contributed by atoms with E-state index in [0.29, 0.717) is 26.3 Å². The van der Waals surface area contributed by atoms with Crippen molar-refractivity contribution in [2.75, 3.05) is 32.1 Å². The third kappa shape index (κ3) is 13.8. The highest BCUT2D eigenvalue weighted by molar-refractivity contribution is 8.00. The van der Waals surface area contributed by atoms with E-state index in [2.05, 4.69) is 11.9 Å². The summed E-state index contributed by atoms with van der Waals surface area (Å²) < 4.78 is 40.2. The van der Waals surface area contributed by atoms with Gasteiger partial charge in [-0.15, -0.1) is 0 Å². The Morgan fingerprint density at radius 2 is 2.07 bits per heavy atom. The number of rotatable bonds is 8. The number of halogens is 3. The van der Waals surface area contributed by atoms with Gasteiger partial charge in [0.2, 0.25) is 0 Å². The van der Waals surface area contributed by atoms with Crippen LogP contribution in [0.15, 0.2) is 12.2 Å². The van der Waals surface area contributed by atoms with Crippen LogP contribution in [0, 0.1) is 0 Å². The first-order valence-electron chi connectivity index (χ1n) is 4.55. The Kier molecular flexibility index (Phi) is 7.90. The summed E-state index contributed by atoms with van der Waals surface area (Å²) >= 11 is -0.0152. The molecule has 0 fully saturated rings. The van der Waals surface area contributed by atoms with Gasteiger partial charge in [-0.05, 0) is 18.7 Å². The summed E-state index contributed by atoms with van der Waals surface area (Å²) in [4.78, 5) is 0. The van der Waals surface area contributed by atoms with Crippen LogP contribution in [-0.4, -0.2) is 37.6 Å². The Balaban J connectivity index is 3.09. The molecule has 0 unspecified atom stereocenters. The highest BCUT2D eigenvalue weighted by Crippen LogP contribution is 2.29. The molecule has 0 aromatic heterocycles. The molecule has 90 valence electrons. The van der Waals surface area contributed by atoms with E-state index in [1.807, 2.05) is 6.92 Å². The summed E-state index contributed by atoms with van der Waals surface area (Å²) in [6.07, 6.45) is 0. The molecule has 0 spiro atoms. The number of alkyl halides is 3. The first-order chi connectivity index (χ1) is 6.92. The largest absolute Gasteiger partial charge is 0.441 e. The maximum Gasteiger partial charge on any atom is 0.441 e. The SMILES string of the molecule is C=C(C)COCCNCCSC(F)(F)F. The molecule has 0 aliphatic rings. The van der Waals surface area contributed by atoms with Crippen molar-refractivity contribution < 1.29 is 17.9 Å². The van der Waals surface area contributed by atoms with Crippen LogP contribution in [0.1, 0.15) is 6.92 Å².